The van der Waals surface area contributed by atoms with Gasteiger partial charge in [0.05, 0.1) is 18.4 Å². The number of hydrogen-bond donors (Lipinski definition) is 0. The first kappa shape index (κ1) is 18.6. The molecule has 26 heavy (non-hydrogen) atoms. The van der Waals surface area contributed by atoms with Gasteiger partial charge in [-0.15, -0.1) is 0 Å². The molecule has 1 aliphatic rings. The Bertz CT molecular complexity index is 864. The van der Waals surface area contributed by atoms with E-state index >= 15 is 0 Å². The second kappa shape index (κ2) is 8.01. The highest BCUT2D eigenvalue weighted by molar-refractivity contribution is 7.88. The fourth-order valence-corrected chi connectivity index (χ4v) is 4.96. The van der Waals surface area contributed by atoms with Crippen molar-refractivity contribution in [2.24, 2.45) is 5.92 Å². The molecule has 0 unspecified atom stereocenters. The van der Waals surface area contributed by atoms with Gasteiger partial charge < -0.3 is 4.74 Å². The van der Waals surface area contributed by atoms with Gasteiger partial charge in [0.2, 0.25) is 10.0 Å². The Kier molecular flexibility index (Phi) is 5.74. The van der Waals surface area contributed by atoms with Crippen LogP contribution < -0.4 is 4.74 Å². The first-order valence-electron chi connectivity index (χ1n) is 8.70. The van der Waals surface area contributed by atoms with Crippen molar-refractivity contribution in [3.05, 3.63) is 65.7 Å². The molecule has 0 spiro atoms. The molecule has 1 fully saturated rings. The van der Waals surface area contributed by atoms with E-state index in [2.05, 4.69) is 0 Å². The maximum Gasteiger partial charge on any atom is 0.218 e. The minimum absolute atomic E-state index is 0.0383. The summed E-state index contributed by atoms with van der Waals surface area (Å²) in [6.45, 7) is 0.691. The fourth-order valence-electron chi connectivity index (χ4n) is 3.35. The molecule has 0 bridgehead atoms. The van der Waals surface area contributed by atoms with Crippen molar-refractivity contribution in [2.75, 3.05) is 20.2 Å². The number of Topliss-reactive ketones (excluding diaryl/α,β-unsaturated/α-hetero) is 1. The molecule has 1 heterocycles. The number of ketones is 1. The van der Waals surface area contributed by atoms with E-state index in [1.54, 1.807) is 30.3 Å². The molecular weight excluding hydrogens is 350 g/mol. The first-order valence-corrected chi connectivity index (χ1v) is 10.3. The van der Waals surface area contributed by atoms with Gasteiger partial charge in [0, 0.05) is 19.0 Å². The second-order valence-corrected chi connectivity index (χ2v) is 8.47. The van der Waals surface area contributed by atoms with Crippen LogP contribution in [-0.4, -0.2) is 38.7 Å². The van der Waals surface area contributed by atoms with Gasteiger partial charge in [0.1, 0.15) is 5.75 Å². The Morgan fingerprint density at radius 3 is 2.54 bits per heavy atom. The standard InChI is InChI=1S/C20H23NO4S/c1-25-19-12-6-5-11-18(19)20(22)17-10-7-13-21(14-17)26(23,24)15-16-8-3-2-4-9-16/h2-6,8-9,11-12,17H,7,10,13-15H2,1H3/t17-/m1/s1. The molecule has 0 radical (unpaired) electrons. The third-order valence-corrected chi connectivity index (χ3v) is 6.53. The third kappa shape index (κ3) is 4.14. The Labute approximate surface area is 154 Å². The summed E-state index contributed by atoms with van der Waals surface area (Å²) in [7, 11) is -1.92. The number of piperidine rings is 1. The van der Waals surface area contributed by atoms with E-state index in [-0.39, 0.29) is 24.0 Å². The highest BCUT2D eigenvalue weighted by atomic mass is 32.2. The lowest BCUT2D eigenvalue weighted by Crippen LogP contribution is -2.42. The molecule has 0 amide bonds. The molecule has 0 N–H and O–H groups in total. The molecule has 0 aliphatic carbocycles. The number of methoxy groups -OCH3 is 1. The Morgan fingerprint density at radius 1 is 1.12 bits per heavy atom. The highest BCUT2D eigenvalue weighted by Gasteiger charge is 2.33. The minimum atomic E-state index is -3.45. The number of hydrogen-bond acceptors (Lipinski definition) is 4. The first-order chi connectivity index (χ1) is 12.5. The van der Waals surface area contributed by atoms with Crippen molar-refractivity contribution in [2.45, 2.75) is 18.6 Å². The quantitative estimate of drug-likeness (QED) is 0.730. The van der Waals surface area contributed by atoms with Crippen LogP contribution in [0.3, 0.4) is 0 Å². The maximum absolute atomic E-state index is 12.9. The van der Waals surface area contributed by atoms with Gasteiger partial charge in [-0.05, 0) is 30.5 Å². The molecule has 138 valence electrons. The molecule has 3 rings (SSSR count). The van der Waals surface area contributed by atoms with E-state index in [9.17, 15) is 13.2 Å². The monoisotopic (exact) mass is 373 g/mol. The van der Waals surface area contributed by atoms with E-state index in [1.807, 2.05) is 24.3 Å². The highest BCUT2D eigenvalue weighted by Crippen LogP contribution is 2.27. The fraction of sp³-hybridized carbons (Fsp3) is 0.350. The Morgan fingerprint density at radius 2 is 1.81 bits per heavy atom. The van der Waals surface area contributed by atoms with Crippen LogP contribution in [0.15, 0.2) is 54.6 Å². The molecule has 1 atom stereocenters. The van der Waals surface area contributed by atoms with Gasteiger partial charge in [-0.3, -0.25) is 4.79 Å². The van der Waals surface area contributed by atoms with Crippen LogP contribution in [0, 0.1) is 5.92 Å². The van der Waals surface area contributed by atoms with E-state index < -0.39 is 10.0 Å². The minimum Gasteiger partial charge on any atom is -0.496 e. The van der Waals surface area contributed by atoms with E-state index in [0.29, 0.717) is 30.7 Å². The van der Waals surface area contributed by atoms with Crippen LogP contribution >= 0.6 is 0 Å². The molecule has 6 heteroatoms. The van der Waals surface area contributed by atoms with Crippen LogP contribution in [0.2, 0.25) is 0 Å². The SMILES string of the molecule is COc1ccccc1C(=O)[C@@H]1CCCN(S(=O)(=O)Cc2ccccc2)C1. The van der Waals surface area contributed by atoms with E-state index in [1.165, 1.54) is 11.4 Å². The summed E-state index contributed by atoms with van der Waals surface area (Å²) in [6, 6.07) is 16.2. The lowest BCUT2D eigenvalue weighted by atomic mass is 9.90. The topological polar surface area (TPSA) is 63.7 Å². The van der Waals surface area contributed by atoms with Gasteiger partial charge in [0.25, 0.3) is 0 Å². The number of benzene rings is 2. The van der Waals surface area contributed by atoms with Gasteiger partial charge in [0.15, 0.2) is 5.78 Å². The zero-order valence-electron chi connectivity index (χ0n) is 14.8. The summed E-state index contributed by atoms with van der Waals surface area (Å²) in [5, 5.41) is 0. The third-order valence-electron chi connectivity index (χ3n) is 4.71. The molecule has 5 nitrogen and oxygen atoms in total. The lowest BCUT2D eigenvalue weighted by molar-refractivity contribution is 0.0869. The maximum atomic E-state index is 12.9. The van der Waals surface area contributed by atoms with Crippen LogP contribution in [0.4, 0.5) is 0 Å². The summed E-state index contributed by atoms with van der Waals surface area (Å²) in [5.74, 6) is 0.0954. The number of carbonyl (C=O) groups excluding carboxylic acids is 1. The smallest absolute Gasteiger partial charge is 0.218 e. The molecular formula is C20H23NO4S. The second-order valence-electron chi connectivity index (χ2n) is 6.50. The molecule has 1 aliphatic heterocycles. The number of sulfonamides is 1. The number of ether oxygens (including phenoxy) is 1. The zero-order chi connectivity index (χ0) is 18.6. The van der Waals surface area contributed by atoms with Gasteiger partial charge >= 0.3 is 0 Å². The number of nitrogens with zero attached hydrogens (tertiary/aromatic N) is 1. The summed E-state index contributed by atoms with van der Waals surface area (Å²) in [4.78, 5) is 12.9. The summed E-state index contributed by atoms with van der Waals surface area (Å²) in [6.07, 6.45) is 1.37. The van der Waals surface area contributed by atoms with Crippen LogP contribution in [0.1, 0.15) is 28.8 Å². The van der Waals surface area contributed by atoms with Crippen molar-refractivity contribution in [3.63, 3.8) is 0 Å². The molecule has 0 aromatic heterocycles. The van der Waals surface area contributed by atoms with Crippen molar-refractivity contribution < 1.29 is 17.9 Å². The van der Waals surface area contributed by atoms with Crippen molar-refractivity contribution in [3.8, 4) is 5.75 Å². The average molecular weight is 373 g/mol. The van der Waals surface area contributed by atoms with Crippen LogP contribution in [0.5, 0.6) is 5.75 Å². The van der Waals surface area contributed by atoms with Gasteiger partial charge in [-0.25, -0.2) is 12.7 Å². The number of carbonyl (C=O) groups is 1. The van der Waals surface area contributed by atoms with E-state index in [4.69, 9.17) is 4.74 Å². The lowest BCUT2D eigenvalue weighted by Gasteiger charge is -2.31. The molecule has 2 aromatic carbocycles. The molecule has 2 aromatic rings. The Balaban J connectivity index is 1.75. The average Bonchev–Trinajstić information content (AvgIpc) is 2.68. The normalized spacial score (nSPS) is 18.4. The predicted octanol–water partition coefficient (Wildman–Crippen LogP) is 3.12. The molecule has 1 saturated heterocycles. The van der Waals surface area contributed by atoms with Gasteiger partial charge in [-0.2, -0.15) is 0 Å². The molecule has 0 saturated carbocycles. The summed E-state index contributed by atoms with van der Waals surface area (Å²) in [5.41, 5.74) is 1.27. The Hall–Kier alpha value is -2.18. The zero-order valence-corrected chi connectivity index (χ0v) is 15.6. The van der Waals surface area contributed by atoms with Crippen molar-refractivity contribution in [1.82, 2.24) is 4.31 Å². The number of para-hydroxylation sites is 1. The van der Waals surface area contributed by atoms with Crippen molar-refractivity contribution >= 4 is 15.8 Å². The van der Waals surface area contributed by atoms with Gasteiger partial charge in [-0.1, -0.05) is 42.5 Å². The number of rotatable bonds is 6. The summed E-state index contributed by atoms with van der Waals surface area (Å²) < 4.78 is 32.3. The van der Waals surface area contributed by atoms with E-state index in [0.717, 1.165) is 5.56 Å². The van der Waals surface area contributed by atoms with Crippen molar-refractivity contribution in [1.29, 1.82) is 0 Å². The van der Waals surface area contributed by atoms with Crippen LogP contribution in [-0.2, 0) is 15.8 Å². The van der Waals surface area contributed by atoms with Crippen LogP contribution in [0.25, 0.3) is 0 Å². The predicted molar refractivity (Wildman–Crippen MR) is 101 cm³/mol. The largest absolute Gasteiger partial charge is 0.496 e. The summed E-state index contributed by atoms with van der Waals surface area (Å²) >= 11 is 0.